The van der Waals surface area contributed by atoms with Crippen molar-refractivity contribution in [2.24, 2.45) is 5.92 Å². The lowest BCUT2D eigenvalue weighted by atomic mass is 9.84. The van der Waals surface area contributed by atoms with Gasteiger partial charge >= 0.3 is 6.03 Å². The third-order valence-corrected chi connectivity index (χ3v) is 7.14. The van der Waals surface area contributed by atoms with Crippen molar-refractivity contribution in [2.45, 2.75) is 70.5 Å². The quantitative estimate of drug-likeness (QED) is 0.664. The van der Waals surface area contributed by atoms with Crippen LogP contribution < -0.4 is 4.74 Å². The van der Waals surface area contributed by atoms with Crippen molar-refractivity contribution in [3.05, 3.63) is 29.8 Å². The molecule has 2 heterocycles. The first-order valence-electron chi connectivity index (χ1n) is 11.4. The maximum absolute atomic E-state index is 13.7. The first kappa shape index (κ1) is 21.2. The molecule has 2 aliphatic heterocycles. The molecule has 0 atom stereocenters. The second kappa shape index (κ2) is 8.58. The summed E-state index contributed by atoms with van der Waals surface area (Å²) in [5.41, 5.74) is 0.283. The summed E-state index contributed by atoms with van der Waals surface area (Å²) in [5, 5.41) is 0. The fraction of sp³-hybridized carbons (Fsp3) is 0.667. The summed E-state index contributed by atoms with van der Waals surface area (Å²) in [6.07, 6.45) is 6.69. The van der Waals surface area contributed by atoms with Gasteiger partial charge in [0.05, 0.1) is 13.7 Å². The zero-order chi connectivity index (χ0) is 21.3. The molecule has 164 valence electrons. The number of likely N-dealkylation sites (tertiary alicyclic amines) is 1. The molecule has 3 aliphatic rings. The third kappa shape index (κ3) is 3.82. The Kier molecular flexibility index (Phi) is 6.05. The summed E-state index contributed by atoms with van der Waals surface area (Å²) in [6.45, 7) is 7.01. The lowest BCUT2D eigenvalue weighted by Crippen LogP contribution is -2.58. The van der Waals surface area contributed by atoms with Gasteiger partial charge in [-0.3, -0.25) is 9.69 Å². The molecule has 2 saturated heterocycles. The van der Waals surface area contributed by atoms with Crippen LogP contribution >= 0.6 is 0 Å². The summed E-state index contributed by atoms with van der Waals surface area (Å²) in [5.74, 6) is 1.09. The normalized spacial score (nSPS) is 22.7. The number of piperidine rings is 1. The lowest BCUT2D eigenvalue weighted by molar-refractivity contribution is -0.136. The van der Waals surface area contributed by atoms with Gasteiger partial charge in [-0.1, -0.05) is 38.8 Å². The van der Waals surface area contributed by atoms with Crippen LogP contribution in [0.5, 0.6) is 5.75 Å². The molecular formula is C24H35N3O3. The Hall–Kier alpha value is -2.08. The van der Waals surface area contributed by atoms with E-state index in [0.717, 1.165) is 37.2 Å². The van der Waals surface area contributed by atoms with E-state index in [1.807, 2.05) is 29.2 Å². The van der Waals surface area contributed by atoms with Crippen LogP contribution in [0.1, 0.15) is 57.9 Å². The maximum Gasteiger partial charge on any atom is 0.327 e. The highest BCUT2D eigenvalue weighted by Crippen LogP contribution is 2.40. The minimum Gasteiger partial charge on any atom is -0.497 e. The first-order chi connectivity index (χ1) is 14.4. The molecule has 0 aromatic heterocycles. The average molecular weight is 414 g/mol. The molecule has 0 radical (unpaired) electrons. The molecule has 6 nitrogen and oxygen atoms in total. The number of urea groups is 1. The largest absolute Gasteiger partial charge is 0.497 e. The molecule has 1 aliphatic carbocycles. The number of imide groups is 1. The van der Waals surface area contributed by atoms with Crippen LogP contribution in [-0.2, 0) is 11.3 Å². The van der Waals surface area contributed by atoms with Crippen LogP contribution in [0.25, 0.3) is 0 Å². The number of methoxy groups -OCH3 is 1. The van der Waals surface area contributed by atoms with E-state index in [0.29, 0.717) is 25.0 Å². The van der Waals surface area contributed by atoms with Gasteiger partial charge in [-0.05, 0) is 49.3 Å². The average Bonchev–Trinajstić information content (AvgIpc) is 3.35. The van der Waals surface area contributed by atoms with Crippen molar-refractivity contribution >= 4 is 11.9 Å². The topological polar surface area (TPSA) is 53.1 Å². The van der Waals surface area contributed by atoms with Crippen LogP contribution in [0.4, 0.5) is 4.79 Å². The molecule has 1 aromatic rings. The third-order valence-electron chi connectivity index (χ3n) is 7.14. The fourth-order valence-electron chi connectivity index (χ4n) is 5.47. The van der Waals surface area contributed by atoms with Gasteiger partial charge in [0.2, 0.25) is 0 Å². The number of benzene rings is 1. The Morgan fingerprint density at radius 3 is 2.27 bits per heavy atom. The zero-order valence-corrected chi connectivity index (χ0v) is 18.6. The number of rotatable bonds is 6. The zero-order valence-electron chi connectivity index (χ0n) is 18.6. The summed E-state index contributed by atoms with van der Waals surface area (Å²) in [6, 6.07) is 8.16. The molecule has 1 spiro atoms. The molecule has 30 heavy (non-hydrogen) atoms. The van der Waals surface area contributed by atoms with E-state index in [1.54, 1.807) is 7.11 Å². The van der Waals surface area contributed by atoms with E-state index in [1.165, 1.54) is 30.6 Å². The van der Waals surface area contributed by atoms with Gasteiger partial charge in [0.25, 0.3) is 5.91 Å². The van der Waals surface area contributed by atoms with E-state index in [9.17, 15) is 9.59 Å². The van der Waals surface area contributed by atoms with Crippen molar-refractivity contribution in [3.8, 4) is 5.75 Å². The SMILES string of the molecule is COc1ccc(CN2C(=O)N(CC(C)C)C3(CCN(C4CCCC4)CC3)C2=O)cc1. The molecule has 3 amide bonds. The molecule has 0 N–H and O–H groups in total. The molecule has 0 bridgehead atoms. The van der Waals surface area contributed by atoms with Gasteiger partial charge in [-0.25, -0.2) is 4.79 Å². The molecule has 4 rings (SSSR count). The van der Waals surface area contributed by atoms with Crippen LogP contribution in [-0.4, -0.2) is 65.0 Å². The van der Waals surface area contributed by atoms with Gasteiger partial charge < -0.3 is 14.5 Å². The molecular weight excluding hydrogens is 378 g/mol. The van der Waals surface area contributed by atoms with E-state index in [-0.39, 0.29) is 11.9 Å². The predicted octanol–water partition coefficient (Wildman–Crippen LogP) is 3.89. The fourth-order valence-corrected chi connectivity index (χ4v) is 5.47. The molecule has 0 unspecified atom stereocenters. The van der Waals surface area contributed by atoms with E-state index in [2.05, 4.69) is 18.7 Å². The van der Waals surface area contributed by atoms with E-state index < -0.39 is 5.54 Å². The van der Waals surface area contributed by atoms with Gasteiger partial charge in [-0.2, -0.15) is 0 Å². The van der Waals surface area contributed by atoms with Crippen molar-refractivity contribution in [3.63, 3.8) is 0 Å². The molecule has 3 fully saturated rings. The summed E-state index contributed by atoms with van der Waals surface area (Å²) in [4.78, 5) is 33.0. The van der Waals surface area contributed by atoms with E-state index in [4.69, 9.17) is 4.74 Å². The smallest absolute Gasteiger partial charge is 0.327 e. The highest BCUT2D eigenvalue weighted by Gasteiger charge is 2.58. The summed E-state index contributed by atoms with van der Waals surface area (Å²) < 4.78 is 5.22. The monoisotopic (exact) mass is 413 g/mol. The van der Waals surface area contributed by atoms with Gasteiger partial charge in [0.1, 0.15) is 11.3 Å². The Bertz CT molecular complexity index is 762. The first-order valence-corrected chi connectivity index (χ1v) is 11.4. The Labute approximate surface area is 180 Å². The summed E-state index contributed by atoms with van der Waals surface area (Å²) in [7, 11) is 1.63. The second-order valence-electron chi connectivity index (χ2n) is 9.53. The van der Waals surface area contributed by atoms with Crippen molar-refractivity contribution in [1.29, 1.82) is 0 Å². The molecule has 6 heteroatoms. The van der Waals surface area contributed by atoms with Crippen LogP contribution in [0, 0.1) is 5.92 Å². The Balaban J connectivity index is 1.53. The number of hydrogen-bond acceptors (Lipinski definition) is 4. The van der Waals surface area contributed by atoms with Crippen molar-refractivity contribution in [1.82, 2.24) is 14.7 Å². The lowest BCUT2D eigenvalue weighted by Gasteiger charge is -2.44. The van der Waals surface area contributed by atoms with Crippen molar-refractivity contribution < 1.29 is 14.3 Å². The second-order valence-corrected chi connectivity index (χ2v) is 9.53. The maximum atomic E-state index is 13.7. The van der Waals surface area contributed by atoms with Crippen LogP contribution in [0.3, 0.4) is 0 Å². The molecule has 1 aromatic carbocycles. The van der Waals surface area contributed by atoms with Gasteiger partial charge in [0, 0.05) is 25.7 Å². The number of carbonyl (C=O) groups excluding carboxylic acids is 2. The Morgan fingerprint density at radius 1 is 1.07 bits per heavy atom. The highest BCUT2D eigenvalue weighted by atomic mass is 16.5. The summed E-state index contributed by atoms with van der Waals surface area (Å²) >= 11 is 0. The van der Waals surface area contributed by atoms with Crippen LogP contribution in [0.2, 0.25) is 0 Å². The number of amides is 3. The minimum atomic E-state index is -0.664. The predicted molar refractivity (Wildman–Crippen MR) is 116 cm³/mol. The Morgan fingerprint density at radius 2 is 1.70 bits per heavy atom. The number of hydrogen-bond donors (Lipinski definition) is 0. The van der Waals surface area contributed by atoms with Gasteiger partial charge in [-0.15, -0.1) is 0 Å². The van der Waals surface area contributed by atoms with Crippen LogP contribution in [0.15, 0.2) is 24.3 Å². The standard InChI is InChI=1S/C24H35N3O3/c1-18(2)16-27-23(29)26(17-19-8-10-21(30-3)11-9-19)22(28)24(27)12-14-25(15-13-24)20-6-4-5-7-20/h8-11,18,20H,4-7,12-17H2,1-3H3. The number of nitrogens with zero attached hydrogens (tertiary/aromatic N) is 3. The van der Waals surface area contributed by atoms with Crippen molar-refractivity contribution in [2.75, 3.05) is 26.7 Å². The molecule has 1 saturated carbocycles. The number of ether oxygens (including phenoxy) is 1. The number of carbonyl (C=O) groups is 2. The van der Waals surface area contributed by atoms with Gasteiger partial charge in [0.15, 0.2) is 0 Å². The van der Waals surface area contributed by atoms with E-state index >= 15 is 0 Å². The highest BCUT2D eigenvalue weighted by molar-refractivity contribution is 6.07. The minimum absolute atomic E-state index is 0.00459.